The first-order chi connectivity index (χ1) is 20.1. The van der Waals surface area contributed by atoms with Crippen LogP contribution in [0.4, 0.5) is 0 Å². The average Bonchev–Trinajstić information content (AvgIpc) is 2.91. The molecule has 0 spiro atoms. The van der Waals surface area contributed by atoms with Crippen molar-refractivity contribution in [3.05, 3.63) is 0 Å². The molecule has 0 aromatic carbocycles. The standard InChI is InChI=1S/C26H35BrO18/c1-10(30)19(37)17(8-28)43-25(16(7)36,23(40,14(5)34)21(19,38)12(3)32)45-20(11(2)31)18(9-29)44-26(27,42)24(41,15(6)35)22(20,39)13(4)33/h17-18,28-29,37-42H,8-9H2,1-7H3/t17-,18-,19+,20-,21+,22+,23-,24-,25+,26?/m1/s1. The van der Waals surface area contributed by atoms with Crippen LogP contribution in [0.1, 0.15) is 48.5 Å². The second-order valence-electron chi connectivity index (χ2n) is 11.1. The van der Waals surface area contributed by atoms with Crippen LogP contribution in [-0.4, -0.2) is 151 Å². The van der Waals surface area contributed by atoms with Gasteiger partial charge in [0.1, 0.15) is 12.2 Å². The minimum Gasteiger partial charge on any atom is -0.394 e. The number of aliphatic hydroxyl groups is 8. The topological polar surface area (TPSA) is 309 Å². The van der Waals surface area contributed by atoms with Crippen LogP contribution in [0.5, 0.6) is 0 Å². The van der Waals surface area contributed by atoms with E-state index in [0.29, 0.717) is 48.5 Å². The monoisotopic (exact) mass is 714 g/mol. The Morgan fingerprint density at radius 2 is 0.956 bits per heavy atom. The molecular weight excluding hydrogens is 680 g/mol. The number of carbonyl (C=O) groups is 7. The van der Waals surface area contributed by atoms with Crippen molar-refractivity contribution in [2.75, 3.05) is 13.2 Å². The number of carbonyl (C=O) groups excluding carboxylic acids is 7. The van der Waals surface area contributed by atoms with E-state index in [4.69, 9.17) is 14.2 Å². The molecule has 0 amide bonds. The van der Waals surface area contributed by atoms with E-state index in [1.54, 1.807) is 0 Å². The van der Waals surface area contributed by atoms with Gasteiger partial charge in [-0.2, -0.15) is 0 Å². The van der Waals surface area contributed by atoms with Crippen molar-refractivity contribution < 1.29 is 88.6 Å². The van der Waals surface area contributed by atoms with Crippen LogP contribution in [0, 0.1) is 0 Å². The molecule has 2 rings (SSSR count). The molecule has 2 fully saturated rings. The Morgan fingerprint density at radius 1 is 0.556 bits per heavy atom. The Morgan fingerprint density at radius 3 is 1.24 bits per heavy atom. The Bertz CT molecular complexity index is 1360. The number of ether oxygens (including phenoxy) is 3. The van der Waals surface area contributed by atoms with Crippen molar-refractivity contribution in [3.63, 3.8) is 0 Å². The lowest BCUT2D eigenvalue weighted by molar-refractivity contribution is -0.450. The third kappa shape index (κ3) is 4.17. The molecule has 2 saturated heterocycles. The van der Waals surface area contributed by atoms with Gasteiger partial charge in [-0.05, 0) is 57.5 Å². The molecule has 254 valence electrons. The van der Waals surface area contributed by atoms with Gasteiger partial charge in [-0.25, -0.2) is 0 Å². The Hall–Kier alpha value is -2.27. The van der Waals surface area contributed by atoms with Crippen molar-refractivity contribution in [3.8, 4) is 0 Å². The zero-order valence-electron chi connectivity index (χ0n) is 25.1. The summed E-state index contributed by atoms with van der Waals surface area (Å²) in [5, 5.41) is 90.4. The van der Waals surface area contributed by atoms with Crippen molar-refractivity contribution in [2.24, 2.45) is 0 Å². The van der Waals surface area contributed by atoms with E-state index in [1.807, 2.05) is 0 Å². The van der Waals surface area contributed by atoms with Gasteiger partial charge in [0.25, 0.3) is 10.5 Å². The molecule has 0 bridgehead atoms. The summed E-state index contributed by atoms with van der Waals surface area (Å²) in [6.07, 6.45) is -5.39. The number of aliphatic hydroxyl groups excluding tert-OH is 2. The first-order valence-corrected chi connectivity index (χ1v) is 13.8. The highest BCUT2D eigenvalue weighted by atomic mass is 79.9. The van der Waals surface area contributed by atoms with E-state index < -0.39 is 110 Å². The second kappa shape index (κ2) is 11.5. The zero-order valence-corrected chi connectivity index (χ0v) is 26.7. The minimum atomic E-state index is -4.37. The Balaban J connectivity index is 3.40. The van der Waals surface area contributed by atoms with Gasteiger partial charge < -0.3 is 55.1 Å². The lowest BCUT2D eigenvalue weighted by Crippen LogP contribution is -2.94. The summed E-state index contributed by atoms with van der Waals surface area (Å²) in [6.45, 7) is -0.0456. The van der Waals surface area contributed by atoms with Crippen LogP contribution in [0.2, 0.25) is 0 Å². The maximum Gasteiger partial charge on any atom is 0.271 e. The lowest BCUT2D eigenvalue weighted by atomic mass is 9.56. The Labute approximate surface area is 263 Å². The number of hydrogen-bond donors (Lipinski definition) is 8. The number of ketones is 7. The third-order valence-electron chi connectivity index (χ3n) is 8.78. The predicted octanol–water partition coefficient (Wildman–Crippen LogP) is -4.96. The first-order valence-electron chi connectivity index (χ1n) is 13.0. The molecule has 0 aromatic heterocycles. The molecule has 19 heteroatoms. The molecule has 1 unspecified atom stereocenters. The molecule has 0 saturated carbocycles. The number of halogens is 1. The fraction of sp³-hybridized carbons (Fsp3) is 0.731. The zero-order chi connectivity index (χ0) is 35.7. The predicted molar refractivity (Wildman–Crippen MR) is 144 cm³/mol. The summed E-state index contributed by atoms with van der Waals surface area (Å²) in [5.74, 6) is -16.7. The molecule has 45 heavy (non-hydrogen) atoms. The fourth-order valence-electron chi connectivity index (χ4n) is 6.44. The van der Waals surface area contributed by atoms with Gasteiger partial charge in [0.05, 0.1) is 13.2 Å². The van der Waals surface area contributed by atoms with Crippen molar-refractivity contribution in [2.45, 2.75) is 105 Å². The van der Waals surface area contributed by atoms with Crippen LogP contribution in [0.3, 0.4) is 0 Å². The smallest absolute Gasteiger partial charge is 0.271 e. The minimum absolute atomic E-state index is 0.389. The number of hydrogen-bond acceptors (Lipinski definition) is 18. The van der Waals surface area contributed by atoms with Crippen LogP contribution in [0.15, 0.2) is 0 Å². The molecule has 2 aliphatic heterocycles. The molecule has 2 heterocycles. The Kier molecular flexibility index (Phi) is 9.91. The van der Waals surface area contributed by atoms with E-state index in [-0.39, 0.29) is 0 Å². The lowest BCUT2D eigenvalue weighted by Gasteiger charge is -2.65. The van der Waals surface area contributed by atoms with Crippen molar-refractivity contribution in [1.82, 2.24) is 0 Å². The fourth-order valence-corrected chi connectivity index (χ4v) is 7.23. The highest BCUT2D eigenvalue weighted by Gasteiger charge is 2.89. The van der Waals surface area contributed by atoms with E-state index >= 15 is 0 Å². The van der Waals surface area contributed by atoms with Crippen LogP contribution >= 0.6 is 15.9 Å². The van der Waals surface area contributed by atoms with E-state index in [0.717, 1.165) is 0 Å². The SMILES string of the molecule is CC(=O)[C@@]1(O[C@]2(C(C)=O)[C@@H](CO)OC(O)(Br)[C@@](O)(C(C)=O)[C@]2(O)C(C)=O)O[C@H](CO)[C@@](O)(C(C)=O)[C@@](O)(C(C)=O)[C@]1(O)C(C)=O. The highest BCUT2D eigenvalue weighted by molar-refractivity contribution is 9.10. The summed E-state index contributed by atoms with van der Waals surface area (Å²) >= 11 is 2.43. The molecule has 2 aliphatic rings. The van der Waals surface area contributed by atoms with Crippen LogP contribution < -0.4 is 0 Å². The highest BCUT2D eigenvalue weighted by Crippen LogP contribution is 2.59. The van der Waals surface area contributed by atoms with E-state index in [9.17, 15) is 74.4 Å². The van der Waals surface area contributed by atoms with Gasteiger partial charge in [0.15, 0.2) is 51.7 Å². The maximum atomic E-state index is 13.7. The molecule has 0 aliphatic carbocycles. The van der Waals surface area contributed by atoms with Gasteiger partial charge in [-0.1, -0.05) is 0 Å². The van der Waals surface area contributed by atoms with Crippen molar-refractivity contribution in [1.29, 1.82) is 0 Å². The number of Topliss-reactive ketones (excluding diaryl/α,β-unsaturated/α-hetero) is 7. The van der Waals surface area contributed by atoms with Gasteiger partial charge in [0.2, 0.25) is 22.4 Å². The van der Waals surface area contributed by atoms with Crippen LogP contribution in [-0.2, 0) is 47.8 Å². The quantitative estimate of drug-likeness (QED) is 0.0929. The molecule has 8 N–H and O–H groups in total. The summed E-state index contributed by atoms with van der Waals surface area (Å²) in [6, 6.07) is 0. The normalized spacial score (nSPS) is 45.0. The molecular formula is C26H35BrO18. The largest absolute Gasteiger partial charge is 0.394 e. The molecule has 18 nitrogen and oxygen atoms in total. The van der Waals surface area contributed by atoms with Gasteiger partial charge in [-0.3, -0.25) is 33.6 Å². The van der Waals surface area contributed by atoms with Gasteiger partial charge in [0, 0.05) is 6.92 Å². The maximum absolute atomic E-state index is 13.7. The number of rotatable bonds is 11. The third-order valence-corrected chi connectivity index (χ3v) is 9.54. The summed E-state index contributed by atoms with van der Waals surface area (Å²) in [5.41, 5.74) is -24.6. The van der Waals surface area contributed by atoms with Crippen molar-refractivity contribution >= 4 is 56.4 Å². The van der Waals surface area contributed by atoms with E-state index in [1.165, 1.54) is 0 Å². The average molecular weight is 715 g/mol. The van der Waals surface area contributed by atoms with Gasteiger partial charge in [-0.15, -0.1) is 0 Å². The summed E-state index contributed by atoms with van der Waals surface area (Å²) in [4.78, 5) is 92.8. The molecule has 0 radical (unpaired) electrons. The number of alkyl halides is 1. The summed E-state index contributed by atoms with van der Waals surface area (Å²) in [7, 11) is 0. The molecule has 0 aromatic rings. The first kappa shape index (κ1) is 38.9. The second-order valence-corrected chi connectivity index (χ2v) is 12.2. The van der Waals surface area contributed by atoms with E-state index in [2.05, 4.69) is 15.9 Å². The van der Waals surface area contributed by atoms with Gasteiger partial charge >= 0.3 is 0 Å². The summed E-state index contributed by atoms with van der Waals surface area (Å²) < 4.78 is 12.6. The van der Waals surface area contributed by atoms with Crippen LogP contribution in [0.25, 0.3) is 0 Å². The molecule has 10 atom stereocenters.